The van der Waals surface area contributed by atoms with Crippen LogP contribution >= 0.6 is 23.2 Å². The molecule has 1 unspecified atom stereocenters. The van der Waals surface area contributed by atoms with Crippen LogP contribution in [0.15, 0.2) is 12.1 Å². The van der Waals surface area contributed by atoms with Crippen LogP contribution < -0.4 is 10.6 Å². The molecule has 2 rings (SSSR count). The first-order valence-corrected chi connectivity index (χ1v) is 6.41. The van der Waals surface area contributed by atoms with Gasteiger partial charge in [-0.05, 0) is 25.4 Å². The first kappa shape index (κ1) is 13.4. The number of nitrogens with one attached hydrogen (secondary N) is 2. The normalized spacial score (nSPS) is 18.9. The van der Waals surface area contributed by atoms with Crippen LogP contribution in [0.1, 0.15) is 6.42 Å². The Labute approximate surface area is 115 Å². The van der Waals surface area contributed by atoms with Gasteiger partial charge in [-0.25, -0.2) is 0 Å². The first-order valence-electron chi connectivity index (χ1n) is 5.66. The van der Waals surface area contributed by atoms with E-state index < -0.39 is 4.92 Å². The number of hydrogen-bond acceptors (Lipinski definition) is 4. The van der Waals surface area contributed by atoms with Crippen LogP contribution in [0.25, 0.3) is 0 Å². The van der Waals surface area contributed by atoms with Crippen molar-refractivity contribution in [1.29, 1.82) is 0 Å². The van der Waals surface area contributed by atoms with Crippen molar-refractivity contribution < 1.29 is 4.92 Å². The molecule has 5 nitrogen and oxygen atoms in total. The second-order valence-electron chi connectivity index (χ2n) is 4.28. The molecule has 1 saturated heterocycles. The Kier molecular flexibility index (Phi) is 4.27. The second-order valence-corrected chi connectivity index (χ2v) is 5.10. The van der Waals surface area contributed by atoms with E-state index in [1.165, 1.54) is 12.1 Å². The Bertz CT molecular complexity index is 439. The molecule has 1 aromatic rings. The molecule has 7 heteroatoms. The molecule has 0 saturated carbocycles. The number of nitro benzene ring substituents is 1. The topological polar surface area (TPSA) is 67.2 Å². The standard InChI is InChI=1S/C11H13Cl2N3O2/c12-9-3-8(16(17)18)4-10(13)11(9)15-6-7-1-2-14-5-7/h3-4,7,14-15H,1-2,5-6H2. The van der Waals surface area contributed by atoms with Gasteiger partial charge in [0, 0.05) is 18.7 Å². The zero-order chi connectivity index (χ0) is 13.1. The van der Waals surface area contributed by atoms with Crippen molar-refractivity contribution in [2.75, 3.05) is 25.0 Å². The molecule has 2 N–H and O–H groups in total. The number of nitrogens with zero attached hydrogens (tertiary/aromatic N) is 1. The van der Waals surface area contributed by atoms with Gasteiger partial charge < -0.3 is 10.6 Å². The summed E-state index contributed by atoms with van der Waals surface area (Å²) in [6, 6.07) is 2.62. The van der Waals surface area contributed by atoms with Crippen molar-refractivity contribution in [3.05, 3.63) is 32.3 Å². The molecule has 0 radical (unpaired) electrons. The average molecular weight is 290 g/mol. The third kappa shape index (κ3) is 3.04. The third-order valence-electron chi connectivity index (χ3n) is 2.97. The second kappa shape index (κ2) is 5.73. The number of nitro groups is 1. The van der Waals surface area contributed by atoms with Gasteiger partial charge in [-0.3, -0.25) is 10.1 Å². The van der Waals surface area contributed by atoms with E-state index in [1.807, 2.05) is 0 Å². The minimum Gasteiger partial charge on any atom is -0.382 e. The lowest BCUT2D eigenvalue weighted by Crippen LogP contribution is -2.17. The van der Waals surface area contributed by atoms with E-state index in [0.29, 0.717) is 11.6 Å². The predicted molar refractivity (Wildman–Crippen MR) is 72.6 cm³/mol. The quantitative estimate of drug-likeness (QED) is 0.661. The van der Waals surface area contributed by atoms with Gasteiger partial charge in [-0.2, -0.15) is 0 Å². The van der Waals surface area contributed by atoms with Gasteiger partial charge in [-0.15, -0.1) is 0 Å². The Balaban J connectivity index is 2.10. The molecule has 98 valence electrons. The van der Waals surface area contributed by atoms with E-state index in [4.69, 9.17) is 23.2 Å². The van der Waals surface area contributed by atoms with Crippen LogP contribution in [0, 0.1) is 16.0 Å². The molecule has 0 bridgehead atoms. The maximum atomic E-state index is 10.6. The fraction of sp³-hybridized carbons (Fsp3) is 0.455. The van der Waals surface area contributed by atoms with Crippen LogP contribution in [0.2, 0.25) is 10.0 Å². The van der Waals surface area contributed by atoms with E-state index in [1.54, 1.807) is 0 Å². The van der Waals surface area contributed by atoms with Gasteiger partial charge in [0.05, 0.1) is 20.7 Å². The molecule has 18 heavy (non-hydrogen) atoms. The molecule has 1 heterocycles. The lowest BCUT2D eigenvalue weighted by Gasteiger charge is -2.13. The molecule has 1 atom stereocenters. The van der Waals surface area contributed by atoms with Crippen LogP contribution in [0.3, 0.4) is 0 Å². The molecule has 1 aliphatic rings. The van der Waals surface area contributed by atoms with E-state index in [0.717, 1.165) is 26.1 Å². The highest BCUT2D eigenvalue weighted by molar-refractivity contribution is 6.39. The van der Waals surface area contributed by atoms with Crippen molar-refractivity contribution in [2.24, 2.45) is 5.92 Å². The molecule has 1 aliphatic heterocycles. The highest BCUT2D eigenvalue weighted by Gasteiger charge is 2.17. The molecular weight excluding hydrogens is 277 g/mol. The SMILES string of the molecule is O=[N+]([O-])c1cc(Cl)c(NCC2CCNC2)c(Cl)c1. The Morgan fingerprint density at radius 1 is 1.44 bits per heavy atom. The summed E-state index contributed by atoms with van der Waals surface area (Å²) in [4.78, 5) is 10.1. The van der Waals surface area contributed by atoms with Gasteiger partial charge in [0.1, 0.15) is 0 Å². The monoisotopic (exact) mass is 289 g/mol. The zero-order valence-electron chi connectivity index (χ0n) is 9.58. The maximum absolute atomic E-state index is 10.6. The number of non-ortho nitro benzene ring substituents is 1. The highest BCUT2D eigenvalue weighted by Crippen LogP contribution is 2.34. The Hall–Kier alpha value is -1.04. The minimum atomic E-state index is -0.511. The van der Waals surface area contributed by atoms with Gasteiger partial charge in [0.2, 0.25) is 0 Å². The minimum absolute atomic E-state index is 0.0990. The summed E-state index contributed by atoms with van der Waals surface area (Å²) >= 11 is 12.0. The van der Waals surface area contributed by atoms with Crippen LogP contribution in [-0.4, -0.2) is 24.6 Å². The van der Waals surface area contributed by atoms with E-state index in [9.17, 15) is 10.1 Å². The Morgan fingerprint density at radius 2 is 2.11 bits per heavy atom. The summed E-state index contributed by atoms with van der Waals surface area (Å²) in [7, 11) is 0. The van der Waals surface area contributed by atoms with Crippen LogP contribution in [-0.2, 0) is 0 Å². The smallest absolute Gasteiger partial charge is 0.272 e. The van der Waals surface area contributed by atoms with Gasteiger partial charge >= 0.3 is 0 Å². The number of rotatable bonds is 4. The predicted octanol–water partition coefficient (Wildman–Crippen LogP) is 2.92. The van der Waals surface area contributed by atoms with Crippen molar-refractivity contribution in [3.8, 4) is 0 Å². The van der Waals surface area contributed by atoms with E-state index in [2.05, 4.69) is 10.6 Å². The summed E-state index contributed by atoms with van der Waals surface area (Å²) < 4.78 is 0. The molecule has 1 fully saturated rings. The number of benzene rings is 1. The summed E-state index contributed by atoms with van der Waals surface area (Å²) in [6.45, 7) is 2.74. The number of halogens is 2. The number of hydrogen-bond donors (Lipinski definition) is 2. The summed E-state index contributed by atoms with van der Waals surface area (Å²) in [5, 5.41) is 17.6. The van der Waals surface area contributed by atoms with Gasteiger partial charge in [0.25, 0.3) is 5.69 Å². The molecule has 0 aliphatic carbocycles. The summed E-state index contributed by atoms with van der Waals surface area (Å²) in [5.41, 5.74) is 0.467. The van der Waals surface area contributed by atoms with Crippen LogP contribution in [0.4, 0.5) is 11.4 Å². The molecular formula is C11H13Cl2N3O2. The summed E-state index contributed by atoms with van der Waals surface area (Å²) in [6.07, 6.45) is 1.11. The van der Waals surface area contributed by atoms with Crippen molar-refractivity contribution in [1.82, 2.24) is 5.32 Å². The van der Waals surface area contributed by atoms with E-state index >= 15 is 0 Å². The lowest BCUT2D eigenvalue weighted by atomic mass is 10.1. The molecule has 0 aromatic heterocycles. The van der Waals surface area contributed by atoms with Crippen molar-refractivity contribution >= 4 is 34.6 Å². The zero-order valence-corrected chi connectivity index (χ0v) is 11.1. The fourth-order valence-corrected chi connectivity index (χ4v) is 2.58. The largest absolute Gasteiger partial charge is 0.382 e. The fourth-order valence-electron chi connectivity index (χ4n) is 1.97. The molecule has 0 amide bonds. The summed E-state index contributed by atoms with van der Waals surface area (Å²) in [5.74, 6) is 0.535. The molecule has 0 spiro atoms. The van der Waals surface area contributed by atoms with Gasteiger partial charge in [0.15, 0.2) is 0 Å². The Morgan fingerprint density at radius 3 is 2.61 bits per heavy atom. The number of anilines is 1. The van der Waals surface area contributed by atoms with Crippen molar-refractivity contribution in [2.45, 2.75) is 6.42 Å². The van der Waals surface area contributed by atoms with Gasteiger partial charge in [-0.1, -0.05) is 23.2 Å². The average Bonchev–Trinajstić information content (AvgIpc) is 2.80. The maximum Gasteiger partial charge on any atom is 0.272 e. The molecule has 1 aromatic carbocycles. The van der Waals surface area contributed by atoms with Crippen molar-refractivity contribution in [3.63, 3.8) is 0 Å². The highest BCUT2D eigenvalue weighted by atomic mass is 35.5. The lowest BCUT2D eigenvalue weighted by molar-refractivity contribution is -0.384. The third-order valence-corrected chi connectivity index (χ3v) is 3.56. The van der Waals surface area contributed by atoms with Crippen LogP contribution in [0.5, 0.6) is 0 Å². The first-order chi connectivity index (χ1) is 8.58. The van der Waals surface area contributed by atoms with E-state index in [-0.39, 0.29) is 15.7 Å².